The van der Waals surface area contributed by atoms with Gasteiger partial charge < -0.3 is 10.2 Å². The molecule has 9 aromatic rings. The lowest BCUT2D eigenvalue weighted by atomic mass is 9.99. The summed E-state index contributed by atoms with van der Waals surface area (Å²) >= 11 is 8.67. The highest BCUT2D eigenvalue weighted by Crippen LogP contribution is 2.42. The van der Waals surface area contributed by atoms with Crippen LogP contribution in [0.25, 0.3) is 43.7 Å². The third-order valence-electron chi connectivity index (χ3n) is 12.4. The van der Waals surface area contributed by atoms with Crippen molar-refractivity contribution in [2.75, 3.05) is 32.8 Å². The zero-order chi connectivity index (χ0) is 58.6. The van der Waals surface area contributed by atoms with E-state index in [0.29, 0.717) is 55.3 Å². The summed E-state index contributed by atoms with van der Waals surface area (Å²) in [5, 5.41) is 13.9. The Balaban J connectivity index is 0.000000210. The highest BCUT2D eigenvalue weighted by Gasteiger charge is 2.29. The van der Waals surface area contributed by atoms with Gasteiger partial charge in [-0.05, 0) is 109 Å². The van der Waals surface area contributed by atoms with Crippen LogP contribution in [-0.4, -0.2) is 64.8 Å². The van der Waals surface area contributed by atoms with Crippen LogP contribution in [0.5, 0.6) is 0 Å². The molecular weight excluding hydrogens is 1170 g/mol. The molecule has 16 nitrogen and oxygen atoms in total. The van der Waals surface area contributed by atoms with Gasteiger partial charge in [0.25, 0.3) is 20.0 Å². The Morgan fingerprint density at radius 3 is 1.52 bits per heavy atom. The number of piperidine rings is 1. The number of pyridine rings is 1. The number of sulfonamides is 2. The number of benzene rings is 4. The summed E-state index contributed by atoms with van der Waals surface area (Å²) in [5.74, 6) is -5.80. The van der Waals surface area contributed by atoms with Crippen LogP contribution in [0.1, 0.15) is 62.4 Å². The normalized spacial score (nSPS) is 13.0. The van der Waals surface area contributed by atoms with E-state index in [2.05, 4.69) is 41.2 Å². The third kappa shape index (κ3) is 13.1. The minimum Gasteiger partial charge on any atom is -0.357 e. The molecule has 0 saturated carbocycles. The van der Waals surface area contributed by atoms with E-state index >= 15 is 0 Å². The quantitative estimate of drug-likeness (QED) is 0.0642. The maximum atomic E-state index is 14.9. The van der Waals surface area contributed by atoms with Gasteiger partial charge in [0, 0.05) is 54.4 Å². The number of nitriles is 1. The van der Waals surface area contributed by atoms with Gasteiger partial charge in [-0.3, -0.25) is 9.44 Å². The Bertz CT molecular complexity index is 4080. The molecule has 1 aliphatic rings. The predicted octanol–water partition coefficient (Wildman–Crippen LogP) is 13.7. The number of halogens is 7. The largest absolute Gasteiger partial charge is 0.357 e. The van der Waals surface area contributed by atoms with Gasteiger partial charge in [-0.15, -0.1) is 22.7 Å². The molecular formula is C55H45ClF6N12O4S4. The summed E-state index contributed by atoms with van der Waals surface area (Å²) < 4.78 is 141. The van der Waals surface area contributed by atoms with Crippen LogP contribution in [0, 0.1) is 52.2 Å². The summed E-state index contributed by atoms with van der Waals surface area (Å²) in [6, 6.07) is 22.1. The van der Waals surface area contributed by atoms with Crippen molar-refractivity contribution in [3.05, 3.63) is 166 Å². The minimum atomic E-state index is -4.82. The molecule has 6 heterocycles. The number of hydrogen-bond acceptors (Lipinski definition) is 16. The fourth-order valence-corrected chi connectivity index (χ4v) is 13.0. The lowest BCUT2D eigenvalue weighted by molar-refractivity contribution is 0.485. The molecule has 0 amide bonds. The molecule has 422 valence electrons. The Kier molecular flexibility index (Phi) is 17.5. The highest BCUT2D eigenvalue weighted by atomic mass is 35.5. The van der Waals surface area contributed by atoms with Crippen LogP contribution < -0.4 is 19.7 Å². The van der Waals surface area contributed by atoms with Crippen LogP contribution in [0.3, 0.4) is 0 Å². The van der Waals surface area contributed by atoms with Crippen LogP contribution in [0.2, 0.25) is 5.28 Å². The maximum absolute atomic E-state index is 14.9. The van der Waals surface area contributed by atoms with Crippen LogP contribution in [0.15, 0.2) is 125 Å². The lowest BCUT2D eigenvalue weighted by Crippen LogP contribution is -2.33. The number of aromatic nitrogens is 7. The van der Waals surface area contributed by atoms with Crippen molar-refractivity contribution >= 4 is 83.1 Å². The number of thiazole rings is 2. The van der Waals surface area contributed by atoms with E-state index in [1.165, 1.54) is 53.1 Å². The number of nitrogens with one attached hydrogen (secondary N) is 3. The van der Waals surface area contributed by atoms with Crippen LogP contribution in [0.4, 0.5) is 55.2 Å². The monoisotopic (exact) mass is 1210 g/mol. The molecule has 0 aliphatic carbocycles. The number of anilines is 5. The third-order valence-corrected chi connectivity index (χ3v) is 18.1. The molecule has 82 heavy (non-hydrogen) atoms. The second-order valence-electron chi connectivity index (χ2n) is 18.9. The number of nitrogens with zero attached hydrogens (tertiary/aromatic N) is 9. The zero-order valence-corrected chi connectivity index (χ0v) is 47.5. The van der Waals surface area contributed by atoms with Gasteiger partial charge in [0.1, 0.15) is 40.7 Å². The van der Waals surface area contributed by atoms with E-state index in [-0.39, 0.29) is 23.0 Å². The van der Waals surface area contributed by atoms with E-state index in [1.807, 2.05) is 49.3 Å². The molecule has 27 heteroatoms. The Morgan fingerprint density at radius 2 is 1.09 bits per heavy atom. The van der Waals surface area contributed by atoms with Gasteiger partial charge in [-0.1, -0.05) is 39.8 Å². The van der Waals surface area contributed by atoms with Gasteiger partial charge in [0.2, 0.25) is 11.2 Å². The van der Waals surface area contributed by atoms with Gasteiger partial charge in [-0.25, -0.2) is 78.1 Å². The van der Waals surface area contributed by atoms with Crippen molar-refractivity contribution in [2.45, 2.75) is 62.2 Å². The van der Waals surface area contributed by atoms with Gasteiger partial charge in [-0.2, -0.15) is 5.26 Å². The van der Waals surface area contributed by atoms with Gasteiger partial charge >= 0.3 is 0 Å². The second kappa shape index (κ2) is 24.6. The number of hydrogen-bond donors (Lipinski definition) is 3. The molecule has 0 radical (unpaired) electrons. The van der Waals surface area contributed by atoms with E-state index in [4.69, 9.17) is 26.8 Å². The number of rotatable bonds is 15. The van der Waals surface area contributed by atoms with E-state index in [0.717, 1.165) is 90.3 Å². The van der Waals surface area contributed by atoms with Crippen molar-refractivity contribution in [2.24, 2.45) is 5.92 Å². The molecule has 0 spiro atoms. The molecule has 1 saturated heterocycles. The molecule has 5 aromatic heterocycles. The molecule has 3 N–H and O–H groups in total. The van der Waals surface area contributed by atoms with E-state index in [9.17, 15) is 43.2 Å². The average molecular weight is 1220 g/mol. The van der Waals surface area contributed by atoms with Gasteiger partial charge in [0.05, 0.1) is 71.9 Å². The van der Waals surface area contributed by atoms with Crippen molar-refractivity contribution in [3.63, 3.8) is 0 Å². The fourth-order valence-electron chi connectivity index (χ4n) is 8.30. The summed E-state index contributed by atoms with van der Waals surface area (Å²) in [7, 11) is -9.59. The van der Waals surface area contributed by atoms with Crippen LogP contribution in [-0.2, 0) is 20.0 Å². The van der Waals surface area contributed by atoms with Gasteiger partial charge in [0.15, 0.2) is 9.79 Å². The lowest BCUT2D eigenvalue weighted by Gasteiger charge is -2.30. The first-order chi connectivity index (χ1) is 39.1. The molecule has 1 fully saturated rings. The van der Waals surface area contributed by atoms with Crippen molar-refractivity contribution in [1.29, 1.82) is 5.26 Å². The standard InChI is InChI=1S/C33H29F3N8O2S2.C22H16ClF3N4O2S2/c1-19(2)32-42-29(21-6-8-23(34)27(16-21)43-48(45,46)31-24(35)4-3-5-25(31)36)30(47-32)26-10-13-38-33(41-26)40-22-7-9-28(39-18-22)44-14-11-20(17-37)12-15-44;1-11(2)21-29-18(19(33-21)16-8-9-27-22(23)28-16)12-6-7-13(24)17(10-12)30-34(31,32)20-14(25)4-3-5-15(20)26/h3-10,13,16,18-20,43H,11-12,14-15H2,1-2H3,(H,38,40,41);3-11,30H,1-2H3. The van der Waals surface area contributed by atoms with Crippen molar-refractivity contribution in [3.8, 4) is 49.7 Å². The SMILES string of the molecule is CC(C)c1nc(-c2ccc(F)c(NS(=O)(=O)c3c(F)cccc3F)c2)c(-c2ccnc(Cl)n2)s1.CC(C)c1nc(-c2ccc(F)c(NS(=O)(=O)c3c(F)cccc3F)c2)c(-c2ccnc(Nc3ccc(N4CCC(C#N)CC4)nc3)n2)s1. The smallest absolute Gasteiger partial charge is 0.267 e. The van der Waals surface area contributed by atoms with E-state index in [1.54, 1.807) is 24.5 Å². The molecule has 1 aliphatic heterocycles. The Morgan fingerprint density at radius 1 is 0.610 bits per heavy atom. The average Bonchev–Trinajstić information content (AvgIpc) is 3.83. The van der Waals surface area contributed by atoms with Crippen molar-refractivity contribution < 1.29 is 43.2 Å². The topological polar surface area (TPSA) is 222 Å². The first-order valence-electron chi connectivity index (χ1n) is 24.8. The Labute approximate surface area is 480 Å². The molecule has 0 atom stereocenters. The summed E-state index contributed by atoms with van der Waals surface area (Å²) in [4.78, 5) is 32.1. The Hall–Kier alpha value is -8.09. The highest BCUT2D eigenvalue weighted by molar-refractivity contribution is 7.93. The van der Waals surface area contributed by atoms with Crippen molar-refractivity contribution in [1.82, 2.24) is 34.9 Å². The van der Waals surface area contributed by atoms with Crippen LogP contribution >= 0.6 is 34.3 Å². The summed E-state index contributed by atoms with van der Waals surface area (Å²) in [5.41, 5.74) is 2.21. The second-order valence-corrected chi connectivity index (χ2v) is 24.5. The molecule has 0 bridgehead atoms. The summed E-state index contributed by atoms with van der Waals surface area (Å²) in [6.07, 6.45) is 6.36. The molecule has 0 unspecified atom stereocenters. The maximum Gasteiger partial charge on any atom is 0.267 e. The first kappa shape index (κ1) is 58.6. The summed E-state index contributed by atoms with van der Waals surface area (Å²) in [6.45, 7) is 9.37. The first-order valence-corrected chi connectivity index (χ1v) is 29.8. The zero-order valence-electron chi connectivity index (χ0n) is 43.5. The molecule has 10 rings (SSSR count). The fraction of sp³-hybridized carbons (Fsp3) is 0.200. The predicted molar refractivity (Wildman–Crippen MR) is 303 cm³/mol. The van der Waals surface area contributed by atoms with E-state index < -0.39 is 76.1 Å². The molecule has 4 aromatic carbocycles. The minimum absolute atomic E-state index is 0.0275.